The monoisotopic (exact) mass is 274 g/mol. The normalized spacial score (nSPS) is 24.9. The van der Waals surface area contributed by atoms with Crippen molar-refractivity contribution in [1.82, 2.24) is 0 Å². The van der Waals surface area contributed by atoms with Crippen molar-refractivity contribution < 1.29 is 16.8 Å². The van der Waals surface area contributed by atoms with Crippen LogP contribution in [0.15, 0.2) is 0 Å². The van der Waals surface area contributed by atoms with Gasteiger partial charge < -0.3 is 0 Å². The average Bonchev–Trinajstić information content (AvgIpc) is 2.00. The van der Waals surface area contributed by atoms with Crippen LogP contribution in [0.1, 0.15) is 19.8 Å². The molecule has 90 valence electrons. The van der Waals surface area contributed by atoms with E-state index in [1.165, 1.54) is 0 Å². The van der Waals surface area contributed by atoms with E-state index in [1.807, 2.05) is 6.92 Å². The number of hydrogen-bond donors (Lipinski definition) is 0. The maximum absolute atomic E-state index is 11.2. The fourth-order valence-corrected chi connectivity index (χ4v) is 4.95. The van der Waals surface area contributed by atoms with Crippen molar-refractivity contribution in [2.24, 2.45) is 11.8 Å². The number of hydrogen-bond acceptors (Lipinski definition) is 4. The predicted octanol–water partition coefficient (Wildman–Crippen LogP) is 1.02. The summed E-state index contributed by atoms with van der Waals surface area (Å²) < 4.78 is 44.0. The van der Waals surface area contributed by atoms with E-state index in [2.05, 4.69) is 0 Å². The SMILES string of the molecule is CC(CS(=O)(=O)Cl)C1CCS(=O)(=O)CC1. The Labute approximate surface area is 95.3 Å². The van der Waals surface area contributed by atoms with Gasteiger partial charge >= 0.3 is 0 Å². The highest BCUT2D eigenvalue weighted by Crippen LogP contribution is 2.27. The number of rotatable bonds is 3. The van der Waals surface area contributed by atoms with E-state index in [9.17, 15) is 16.8 Å². The third kappa shape index (κ3) is 4.70. The summed E-state index contributed by atoms with van der Waals surface area (Å²) in [5, 5.41) is 0. The molecule has 0 spiro atoms. The van der Waals surface area contributed by atoms with Crippen LogP contribution in [-0.2, 0) is 18.9 Å². The summed E-state index contributed by atoms with van der Waals surface area (Å²) in [6.07, 6.45) is 1.10. The Morgan fingerprint density at radius 3 is 2.20 bits per heavy atom. The van der Waals surface area contributed by atoms with Crippen LogP contribution in [0.3, 0.4) is 0 Å². The molecule has 1 rings (SSSR count). The van der Waals surface area contributed by atoms with Crippen LogP contribution in [0.5, 0.6) is 0 Å². The van der Waals surface area contributed by atoms with Crippen LogP contribution in [0.4, 0.5) is 0 Å². The molecule has 1 aliphatic rings. The minimum Gasteiger partial charge on any atom is -0.229 e. The fraction of sp³-hybridized carbons (Fsp3) is 1.00. The lowest BCUT2D eigenvalue weighted by molar-refractivity contribution is 0.353. The van der Waals surface area contributed by atoms with Gasteiger partial charge in [-0.15, -0.1) is 0 Å². The van der Waals surface area contributed by atoms with Gasteiger partial charge in [-0.05, 0) is 24.7 Å². The predicted molar refractivity (Wildman–Crippen MR) is 60.2 cm³/mol. The van der Waals surface area contributed by atoms with Gasteiger partial charge in [-0.2, -0.15) is 0 Å². The molecule has 0 bridgehead atoms. The molecule has 0 N–H and O–H groups in total. The maximum atomic E-state index is 11.2. The lowest BCUT2D eigenvalue weighted by Crippen LogP contribution is -2.29. The molecular formula is C8H15ClO4S2. The van der Waals surface area contributed by atoms with Gasteiger partial charge in [0, 0.05) is 10.7 Å². The minimum absolute atomic E-state index is 0.0667. The highest BCUT2D eigenvalue weighted by Gasteiger charge is 2.29. The lowest BCUT2D eigenvalue weighted by atomic mass is 9.90. The molecule has 1 unspecified atom stereocenters. The first kappa shape index (κ1) is 13.3. The second-order valence-corrected chi connectivity index (χ2v) is 9.30. The molecule has 1 aliphatic heterocycles. The van der Waals surface area contributed by atoms with Crippen molar-refractivity contribution in [3.8, 4) is 0 Å². The zero-order valence-electron chi connectivity index (χ0n) is 8.52. The van der Waals surface area contributed by atoms with Gasteiger partial charge in [0.25, 0.3) is 0 Å². The number of sulfone groups is 1. The Hall–Kier alpha value is 0.190. The summed E-state index contributed by atoms with van der Waals surface area (Å²) in [4.78, 5) is 0. The van der Waals surface area contributed by atoms with E-state index >= 15 is 0 Å². The van der Waals surface area contributed by atoms with Crippen LogP contribution in [-0.4, -0.2) is 34.1 Å². The topological polar surface area (TPSA) is 68.3 Å². The Bertz CT molecular complexity index is 398. The molecule has 1 saturated heterocycles. The number of halogens is 1. The Morgan fingerprint density at radius 1 is 1.33 bits per heavy atom. The summed E-state index contributed by atoms with van der Waals surface area (Å²) in [5.74, 6) is 0.360. The smallest absolute Gasteiger partial charge is 0.229 e. The van der Waals surface area contributed by atoms with Gasteiger partial charge in [-0.1, -0.05) is 6.92 Å². The quantitative estimate of drug-likeness (QED) is 0.721. The van der Waals surface area contributed by atoms with Crippen molar-refractivity contribution in [2.45, 2.75) is 19.8 Å². The fourth-order valence-electron chi connectivity index (χ4n) is 1.93. The van der Waals surface area contributed by atoms with Crippen LogP contribution in [0, 0.1) is 11.8 Å². The standard InChI is InChI=1S/C8H15ClO4S2/c1-7(6-15(9,12)13)8-2-4-14(10,11)5-3-8/h7-8H,2-6H2,1H3. The van der Waals surface area contributed by atoms with Crippen LogP contribution >= 0.6 is 10.7 Å². The van der Waals surface area contributed by atoms with Gasteiger partial charge in [-0.25, -0.2) is 16.8 Å². The summed E-state index contributed by atoms with van der Waals surface area (Å²) in [6, 6.07) is 0. The molecule has 1 atom stereocenters. The van der Waals surface area contributed by atoms with Crippen molar-refractivity contribution in [2.75, 3.05) is 17.3 Å². The van der Waals surface area contributed by atoms with Crippen LogP contribution < -0.4 is 0 Å². The van der Waals surface area contributed by atoms with Gasteiger partial charge in [-0.3, -0.25) is 0 Å². The molecule has 0 saturated carbocycles. The molecule has 1 heterocycles. The van der Waals surface area contributed by atoms with E-state index in [1.54, 1.807) is 0 Å². The molecule has 0 aromatic heterocycles. The molecule has 0 aromatic carbocycles. The van der Waals surface area contributed by atoms with Crippen molar-refractivity contribution in [3.63, 3.8) is 0 Å². The van der Waals surface area contributed by atoms with E-state index in [-0.39, 0.29) is 29.1 Å². The van der Waals surface area contributed by atoms with Crippen LogP contribution in [0.2, 0.25) is 0 Å². The molecular weight excluding hydrogens is 260 g/mol. The second-order valence-electron chi connectivity index (χ2n) is 4.17. The molecule has 0 amide bonds. The maximum Gasteiger partial charge on any atom is 0.232 e. The molecule has 1 fully saturated rings. The van der Waals surface area contributed by atoms with E-state index in [0.29, 0.717) is 12.8 Å². The first-order chi connectivity index (χ1) is 6.70. The Kier molecular flexibility index (Phi) is 4.06. The van der Waals surface area contributed by atoms with Gasteiger partial charge in [0.15, 0.2) is 0 Å². The molecule has 4 nitrogen and oxygen atoms in total. The van der Waals surface area contributed by atoms with Crippen molar-refractivity contribution in [3.05, 3.63) is 0 Å². The molecule has 0 aromatic rings. The van der Waals surface area contributed by atoms with Gasteiger partial charge in [0.05, 0.1) is 17.3 Å². The van der Waals surface area contributed by atoms with Crippen molar-refractivity contribution in [1.29, 1.82) is 0 Å². The minimum atomic E-state index is -3.48. The average molecular weight is 275 g/mol. The Morgan fingerprint density at radius 2 is 1.80 bits per heavy atom. The first-order valence-electron chi connectivity index (χ1n) is 4.82. The molecule has 7 heteroatoms. The zero-order chi connectivity index (χ0) is 11.7. The van der Waals surface area contributed by atoms with Gasteiger partial charge in [0.1, 0.15) is 9.84 Å². The zero-order valence-corrected chi connectivity index (χ0v) is 10.9. The largest absolute Gasteiger partial charge is 0.232 e. The molecule has 15 heavy (non-hydrogen) atoms. The third-order valence-corrected chi connectivity index (χ3v) is 5.88. The summed E-state index contributed by atoms with van der Waals surface area (Å²) >= 11 is 0. The summed E-state index contributed by atoms with van der Waals surface area (Å²) in [6.45, 7) is 1.81. The van der Waals surface area contributed by atoms with Crippen LogP contribution in [0.25, 0.3) is 0 Å². The highest BCUT2D eigenvalue weighted by atomic mass is 35.7. The molecule has 0 aliphatic carbocycles. The summed E-state index contributed by atoms with van der Waals surface area (Å²) in [7, 11) is -1.20. The summed E-state index contributed by atoms with van der Waals surface area (Å²) in [5.41, 5.74) is 0. The highest BCUT2D eigenvalue weighted by molar-refractivity contribution is 8.13. The lowest BCUT2D eigenvalue weighted by Gasteiger charge is -2.26. The molecule has 0 radical (unpaired) electrons. The Balaban J connectivity index is 2.54. The van der Waals surface area contributed by atoms with Gasteiger partial charge in [0.2, 0.25) is 9.05 Å². The van der Waals surface area contributed by atoms with Crippen molar-refractivity contribution >= 4 is 29.6 Å². The van der Waals surface area contributed by atoms with E-state index in [4.69, 9.17) is 10.7 Å². The first-order valence-corrected chi connectivity index (χ1v) is 9.12. The van der Waals surface area contributed by atoms with E-state index < -0.39 is 18.9 Å². The second kappa shape index (κ2) is 4.59. The third-order valence-electron chi connectivity index (χ3n) is 2.87. The van der Waals surface area contributed by atoms with E-state index in [0.717, 1.165) is 0 Å².